The van der Waals surface area contributed by atoms with E-state index in [4.69, 9.17) is 4.74 Å². The Morgan fingerprint density at radius 1 is 1.14 bits per heavy atom. The summed E-state index contributed by atoms with van der Waals surface area (Å²) in [5.74, 6) is 0. The molecular weight excluding hydrogens is 302 g/mol. The number of rotatable bonds is 3. The minimum absolute atomic E-state index is 0.109. The standard InChI is InChI=1S/C15H19N3O3S/c1-12-9-17(10-13(2)21-12)22(19,20)15-8-16-18(11-15)14-6-4-3-5-7-14/h3-8,11-13H,9-10H2,1-2H3. The Kier molecular flexibility index (Phi) is 4.03. The summed E-state index contributed by atoms with van der Waals surface area (Å²) in [7, 11) is -3.55. The van der Waals surface area contributed by atoms with Crippen LogP contribution in [0.3, 0.4) is 0 Å². The quantitative estimate of drug-likeness (QED) is 0.862. The molecule has 0 N–H and O–H groups in total. The number of ether oxygens (including phenoxy) is 1. The second-order valence-electron chi connectivity index (χ2n) is 5.54. The topological polar surface area (TPSA) is 64.4 Å². The van der Waals surface area contributed by atoms with Crippen molar-refractivity contribution >= 4 is 10.0 Å². The van der Waals surface area contributed by atoms with Crippen molar-refractivity contribution in [2.24, 2.45) is 0 Å². The van der Waals surface area contributed by atoms with Crippen molar-refractivity contribution < 1.29 is 13.2 Å². The number of morpholine rings is 1. The summed E-state index contributed by atoms with van der Waals surface area (Å²) in [5, 5.41) is 4.17. The molecule has 1 aliphatic heterocycles. The second kappa shape index (κ2) is 5.83. The molecule has 0 bridgehead atoms. The Hall–Kier alpha value is -1.70. The van der Waals surface area contributed by atoms with E-state index in [0.717, 1.165) is 5.69 Å². The Balaban J connectivity index is 1.89. The summed E-state index contributed by atoms with van der Waals surface area (Å²) >= 11 is 0. The van der Waals surface area contributed by atoms with E-state index < -0.39 is 10.0 Å². The van der Waals surface area contributed by atoms with E-state index >= 15 is 0 Å². The van der Waals surface area contributed by atoms with Gasteiger partial charge in [-0.1, -0.05) is 18.2 Å². The van der Waals surface area contributed by atoms with Gasteiger partial charge < -0.3 is 4.74 Å². The fourth-order valence-electron chi connectivity index (χ4n) is 2.64. The zero-order valence-corrected chi connectivity index (χ0v) is 13.4. The lowest BCUT2D eigenvalue weighted by Gasteiger charge is -2.34. The second-order valence-corrected chi connectivity index (χ2v) is 7.47. The van der Waals surface area contributed by atoms with Crippen LogP contribution in [0.4, 0.5) is 0 Å². The Morgan fingerprint density at radius 2 is 1.77 bits per heavy atom. The van der Waals surface area contributed by atoms with Gasteiger partial charge in [-0.05, 0) is 26.0 Å². The summed E-state index contributed by atoms with van der Waals surface area (Å²) in [5.41, 5.74) is 0.827. The normalized spacial score (nSPS) is 23.5. The molecule has 1 fully saturated rings. The highest BCUT2D eigenvalue weighted by Crippen LogP contribution is 2.21. The van der Waals surface area contributed by atoms with Crippen LogP contribution in [0.5, 0.6) is 0 Å². The summed E-state index contributed by atoms with van der Waals surface area (Å²) in [6.07, 6.45) is 2.73. The van der Waals surface area contributed by atoms with E-state index in [1.54, 1.807) is 10.9 Å². The van der Waals surface area contributed by atoms with Crippen molar-refractivity contribution in [2.45, 2.75) is 31.0 Å². The molecule has 7 heteroatoms. The lowest BCUT2D eigenvalue weighted by molar-refractivity contribution is -0.0440. The Labute approximate surface area is 130 Å². The van der Waals surface area contributed by atoms with Gasteiger partial charge >= 0.3 is 0 Å². The molecule has 0 saturated carbocycles. The van der Waals surface area contributed by atoms with Crippen molar-refractivity contribution in [2.75, 3.05) is 13.1 Å². The van der Waals surface area contributed by atoms with Gasteiger partial charge in [0.25, 0.3) is 0 Å². The number of benzene rings is 1. The third-order valence-corrected chi connectivity index (χ3v) is 5.39. The highest BCUT2D eigenvalue weighted by molar-refractivity contribution is 7.89. The van der Waals surface area contributed by atoms with Crippen LogP contribution in [0, 0.1) is 0 Å². The Morgan fingerprint density at radius 3 is 2.41 bits per heavy atom. The number of sulfonamides is 1. The van der Waals surface area contributed by atoms with Crippen LogP contribution in [0.2, 0.25) is 0 Å². The van der Waals surface area contributed by atoms with E-state index in [1.807, 2.05) is 44.2 Å². The van der Waals surface area contributed by atoms with Crippen LogP contribution in [-0.4, -0.2) is 47.8 Å². The van der Waals surface area contributed by atoms with Gasteiger partial charge in [0.2, 0.25) is 10.0 Å². The molecule has 0 amide bonds. The molecule has 3 rings (SSSR count). The third-order valence-electron chi connectivity index (χ3n) is 3.60. The molecule has 6 nitrogen and oxygen atoms in total. The summed E-state index contributed by atoms with van der Waals surface area (Å²) < 4.78 is 34.1. The fraction of sp³-hybridized carbons (Fsp3) is 0.400. The number of hydrogen-bond donors (Lipinski definition) is 0. The van der Waals surface area contributed by atoms with Gasteiger partial charge in [0.1, 0.15) is 4.90 Å². The first-order valence-electron chi connectivity index (χ1n) is 7.22. The van der Waals surface area contributed by atoms with E-state index in [9.17, 15) is 8.42 Å². The summed E-state index contributed by atoms with van der Waals surface area (Å²) in [4.78, 5) is 0.206. The molecule has 0 aliphatic carbocycles. The largest absolute Gasteiger partial charge is 0.373 e. The molecule has 2 unspecified atom stereocenters. The molecule has 1 aliphatic rings. The zero-order chi connectivity index (χ0) is 15.7. The van der Waals surface area contributed by atoms with Gasteiger partial charge in [0, 0.05) is 13.1 Å². The van der Waals surface area contributed by atoms with Gasteiger partial charge in [-0.3, -0.25) is 0 Å². The molecule has 2 atom stereocenters. The van der Waals surface area contributed by atoms with E-state index in [0.29, 0.717) is 13.1 Å². The van der Waals surface area contributed by atoms with Gasteiger partial charge in [0.15, 0.2) is 0 Å². The minimum atomic E-state index is -3.55. The van der Waals surface area contributed by atoms with Gasteiger partial charge in [0.05, 0.1) is 30.3 Å². The molecule has 0 radical (unpaired) electrons. The number of para-hydroxylation sites is 1. The predicted octanol–water partition coefficient (Wildman–Crippen LogP) is 1.67. The predicted molar refractivity (Wildman–Crippen MR) is 82.3 cm³/mol. The molecule has 2 heterocycles. The van der Waals surface area contributed by atoms with Crippen molar-refractivity contribution in [3.05, 3.63) is 42.7 Å². The van der Waals surface area contributed by atoms with Gasteiger partial charge in [-0.2, -0.15) is 9.40 Å². The van der Waals surface area contributed by atoms with Crippen molar-refractivity contribution in [3.8, 4) is 5.69 Å². The maximum absolute atomic E-state index is 12.7. The average Bonchev–Trinajstić information content (AvgIpc) is 2.98. The number of nitrogens with zero attached hydrogens (tertiary/aromatic N) is 3. The first-order chi connectivity index (χ1) is 10.5. The van der Waals surface area contributed by atoms with Crippen LogP contribution in [0.15, 0.2) is 47.6 Å². The maximum atomic E-state index is 12.7. The van der Waals surface area contributed by atoms with Crippen LogP contribution in [-0.2, 0) is 14.8 Å². The summed E-state index contributed by atoms with van der Waals surface area (Å²) in [6.45, 7) is 4.49. The van der Waals surface area contributed by atoms with Gasteiger partial charge in [-0.15, -0.1) is 0 Å². The molecule has 22 heavy (non-hydrogen) atoms. The third kappa shape index (κ3) is 2.92. The first-order valence-corrected chi connectivity index (χ1v) is 8.66. The molecule has 2 aromatic rings. The summed E-state index contributed by atoms with van der Waals surface area (Å²) in [6, 6.07) is 9.43. The van der Waals surface area contributed by atoms with Crippen LogP contribution < -0.4 is 0 Å². The highest BCUT2D eigenvalue weighted by Gasteiger charge is 2.33. The average molecular weight is 321 g/mol. The zero-order valence-electron chi connectivity index (χ0n) is 12.6. The highest BCUT2D eigenvalue weighted by atomic mass is 32.2. The minimum Gasteiger partial charge on any atom is -0.373 e. The molecule has 1 aromatic carbocycles. The molecule has 1 saturated heterocycles. The lowest BCUT2D eigenvalue weighted by atomic mass is 10.3. The molecule has 0 spiro atoms. The Bertz CT molecular complexity index is 732. The smallest absolute Gasteiger partial charge is 0.246 e. The van der Waals surface area contributed by atoms with Crippen LogP contribution in [0.1, 0.15) is 13.8 Å². The molecular formula is C15H19N3O3S. The molecule has 1 aromatic heterocycles. The van der Waals surface area contributed by atoms with Crippen LogP contribution in [0.25, 0.3) is 5.69 Å². The lowest BCUT2D eigenvalue weighted by Crippen LogP contribution is -2.48. The van der Waals surface area contributed by atoms with E-state index in [1.165, 1.54) is 10.5 Å². The fourth-order valence-corrected chi connectivity index (χ4v) is 4.16. The molecule has 118 valence electrons. The van der Waals surface area contributed by atoms with Crippen molar-refractivity contribution in [3.63, 3.8) is 0 Å². The van der Waals surface area contributed by atoms with Crippen molar-refractivity contribution in [1.82, 2.24) is 14.1 Å². The van der Waals surface area contributed by atoms with Gasteiger partial charge in [-0.25, -0.2) is 13.1 Å². The number of hydrogen-bond acceptors (Lipinski definition) is 4. The van der Waals surface area contributed by atoms with E-state index in [-0.39, 0.29) is 17.1 Å². The first kappa shape index (κ1) is 15.2. The van der Waals surface area contributed by atoms with Crippen molar-refractivity contribution in [1.29, 1.82) is 0 Å². The SMILES string of the molecule is CC1CN(S(=O)(=O)c2cnn(-c3ccccc3)c2)CC(C)O1. The number of aromatic nitrogens is 2. The van der Waals surface area contributed by atoms with Crippen LogP contribution >= 0.6 is 0 Å². The monoisotopic (exact) mass is 321 g/mol. The van der Waals surface area contributed by atoms with E-state index in [2.05, 4.69) is 5.10 Å². The maximum Gasteiger partial charge on any atom is 0.246 e.